The lowest BCUT2D eigenvalue weighted by atomic mass is 10.2. The number of aromatic amines is 1. The van der Waals surface area contributed by atoms with Crippen LogP contribution in [0.5, 0.6) is 0 Å². The largest absolute Gasteiger partial charge is 0.315 e. The maximum absolute atomic E-state index is 12.1. The van der Waals surface area contributed by atoms with Crippen molar-refractivity contribution in [3.8, 4) is 0 Å². The second-order valence-corrected chi connectivity index (χ2v) is 6.06. The van der Waals surface area contributed by atoms with Crippen LogP contribution < -0.4 is 10.0 Å². The Morgan fingerprint density at radius 1 is 1.47 bits per heavy atom. The molecular weight excluding hydrogens is 240 g/mol. The molecule has 1 aliphatic heterocycles. The zero-order valence-electron chi connectivity index (χ0n) is 9.86. The molecule has 2 heterocycles. The Balaban J connectivity index is 2.09. The molecule has 0 radical (unpaired) electrons. The van der Waals surface area contributed by atoms with Gasteiger partial charge in [-0.15, -0.1) is 0 Å². The second-order valence-electron chi connectivity index (χ2n) is 4.38. The van der Waals surface area contributed by atoms with Gasteiger partial charge >= 0.3 is 0 Å². The van der Waals surface area contributed by atoms with Crippen LogP contribution in [0, 0.1) is 6.92 Å². The Bertz CT molecular complexity index is 460. The molecule has 0 saturated carbocycles. The highest BCUT2D eigenvalue weighted by Gasteiger charge is 2.23. The van der Waals surface area contributed by atoms with Crippen LogP contribution in [-0.4, -0.2) is 37.7 Å². The lowest BCUT2D eigenvalue weighted by molar-refractivity contribution is 0.521. The molecule has 0 bridgehead atoms. The molecule has 6 nitrogen and oxygen atoms in total. The predicted octanol–water partition coefficient (Wildman–Crippen LogP) is 0.139. The average Bonchev–Trinajstić information content (AvgIpc) is 2.55. The first kappa shape index (κ1) is 12.5. The SMILES string of the molecule is Cc1[nH]ncc1S(=O)(=O)NC1CCCCNC1. The summed E-state index contributed by atoms with van der Waals surface area (Å²) in [6, 6.07) is -0.0307. The van der Waals surface area contributed by atoms with Crippen LogP contribution in [0.25, 0.3) is 0 Å². The van der Waals surface area contributed by atoms with E-state index in [2.05, 4.69) is 20.2 Å². The van der Waals surface area contributed by atoms with Crippen molar-refractivity contribution in [2.75, 3.05) is 13.1 Å². The molecule has 2 rings (SSSR count). The summed E-state index contributed by atoms with van der Waals surface area (Å²) in [5, 5.41) is 9.61. The third kappa shape index (κ3) is 3.05. The molecule has 0 aliphatic carbocycles. The number of H-pyrrole nitrogens is 1. The first-order chi connectivity index (χ1) is 8.09. The topological polar surface area (TPSA) is 86.9 Å². The molecule has 0 aromatic carbocycles. The Morgan fingerprint density at radius 3 is 3.00 bits per heavy atom. The van der Waals surface area contributed by atoms with Gasteiger partial charge in [-0.25, -0.2) is 13.1 Å². The van der Waals surface area contributed by atoms with Crippen LogP contribution in [-0.2, 0) is 10.0 Å². The summed E-state index contributed by atoms with van der Waals surface area (Å²) in [4.78, 5) is 0.238. The molecule has 1 fully saturated rings. The van der Waals surface area contributed by atoms with Crippen molar-refractivity contribution in [1.29, 1.82) is 0 Å². The van der Waals surface area contributed by atoms with E-state index in [1.165, 1.54) is 6.20 Å². The molecule has 0 amide bonds. The molecule has 0 spiro atoms. The van der Waals surface area contributed by atoms with Crippen molar-refractivity contribution in [1.82, 2.24) is 20.2 Å². The summed E-state index contributed by atoms with van der Waals surface area (Å²) in [5.41, 5.74) is 0.569. The number of rotatable bonds is 3. The fourth-order valence-electron chi connectivity index (χ4n) is 2.01. The van der Waals surface area contributed by atoms with Gasteiger partial charge in [-0.2, -0.15) is 5.10 Å². The molecule has 1 unspecified atom stereocenters. The van der Waals surface area contributed by atoms with Crippen LogP contribution in [0.4, 0.5) is 0 Å². The molecule has 1 saturated heterocycles. The maximum Gasteiger partial charge on any atom is 0.244 e. The van der Waals surface area contributed by atoms with Crippen molar-refractivity contribution in [2.45, 2.75) is 37.1 Å². The number of hydrogen-bond acceptors (Lipinski definition) is 4. The molecule has 1 aliphatic rings. The van der Waals surface area contributed by atoms with Gasteiger partial charge in [-0.1, -0.05) is 6.42 Å². The van der Waals surface area contributed by atoms with E-state index < -0.39 is 10.0 Å². The zero-order chi connectivity index (χ0) is 12.3. The summed E-state index contributed by atoms with van der Waals surface area (Å²) in [6.45, 7) is 3.35. The van der Waals surface area contributed by atoms with E-state index in [0.29, 0.717) is 12.2 Å². The molecule has 17 heavy (non-hydrogen) atoms. The Morgan fingerprint density at radius 2 is 2.29 bits per heavy atom. The fraction of sp³-hybridized carbons (Fsp3) is 0.700. The Hall–Kier alpha value is -0.920. The van der Waals surface area contributed by atoms with Crippen molar-refractivity contribution in [3.63, 3.8) is 0 Å². The van der Waals surface area contributed by atoms with E-state index in [-0.39, 0.29) is 10.9 Å². The normalized spacial score (nSPS) is 22.3. The Kier molecular flexibility index (Phi) is 3.80. The van der Waals surface area contributed by atoms with E-state index in [0.717, 1.165) is 25.8 Å². The van der Waals surface area contributed by atoms with Crippen molar-refractivity contribution in [2.24, 2.45) is 0 Å². The number of hydrogen-bond donors (Lipinski definition) is 3. The molecule has 1 aromatic rings. The molecular formula is C10H18N4O2S. The summed E-state index contributed by atoms with van der Waals surface area (Å²) in [5.74, 6) is 0. The third-order valence-corrected chi connectivity index (χ3v) is 4.58. The Labute approximate surface area is 101 Å². The second kappa shape index (κ2) is 5.16. The van der Waals surface area contributed by atoms with Gasteiger partial charge in [0, 0.05) is 12.6 Å². The highest BCUT2D eigenvalue weighted by atomic mass is 32.2. The zero-order valence-corrected chi connectivity index (χ0v) is 10.7. The lowest BCUT2D eigenvalue weighted by Gasteiger charge is -2.16. The van der Waals surface area contributed by atoms with E-state index in [9.17, 15) is 8.42 Å². The standard InChI is InChI=1S/C10H18N4O2S/c1-8-10(7-12-13-8)17(15,16)14-9-4-2-3-5-11-6-9/h7,9,11,14H,2-6H2,1H3,(H,12,13). The number of sulfonamides is 1. The van der Waals surface area contributed by atoms with Crippen LogP contribution >= 0.6 is 0 Å². The van der Waals surface area contributed by atoms with E-state index in [1.807, 2.05) is 0 Å². The minimum atomic E-state index is -3.45. The van der Waals surface area contributed by atoms with Crippen LogP contribution in [0.1, 0.15) is 25.0 Å². The maximum atomic E-state index is 12.1. The first-order valence-corrected chi connectivity index (χ1v) is 7.31. The highest BCUT2D eigenvalue weighted by Crippen LogP contribution is 2.13. The van der Waals surface area contributed by atoms with Crippen LogP contribution in [0.2, 0.25) is 0 Å². The quantitative estimate of drug-likeness (QED) is 0.719. The molecule has 1 aromatic heterocycles. The van der Waals surface area contributed by atoms with E-state index in [1.54, 1.807) is 6.92 Å². The van der Waals surface area contributed by atoms with Crippen LogP contribution in [0.15, 0.2) is 11.1 Å². The first-order valence-electron chi connectivity index (χ1n) is 5.82. The lowest BCUT2D eigenvalue weighted by Crippen LogP contribution is -2.40. The van der Waals surface area contributed by atoms with Gasteiger partial charge in [0.25, 0.3) is 0 Å². The van der Waals surface area contributed by atoms with Crippen molar-refractivity contribution in [3.05, 3.63) is 11.9 Å². The summed E-state index contributed by atoms with van der Waals surface area (Å²) in [6.07, 6.45) is 4.37. The average molecular weight is 258 g/mol. The van der Waals surface area contributed by atoms with Gasteiger partial charge in [0.15, 0.2) is 0 Å². The smallest absolute Gasteiger partial charge is 0.244 e. The van der Waals surface area contributed by atoms with Crippen molar-refractivity contribution < 1.29 is 8.42 Å². The summed E-state index contributed by atoms with van der Waals surface area (Å²) in [7, 11) is -3.45. The summed E-state index contributed by atoms with van der Waals surface area (Å²) >= 11 is 0. The molecule has 3 N–H and O–H groups in total. The summed E-state index contributed by atoms with van der Waals surface area (Å²) < 4.78 is 26.9. The van der Waals surface area contributed by atoms with Crippen molar-refractivity contribution >= 4 is 10.0 Å². The number of nitrogens with zero attached hydrogens (tertiary/aromatic N) is 1. The number of nitrogens with one attached hydrogen (secondary N) is 3. The highest BCUT2D eigenvalue weighted by molar-refractivity contribution is 7.89. The van der Waals surface area contributed by atoms with Gasteiger partial charge in [-0.3, -0.25) is 5.10 Å². The van der Waals surface area contributed by atoms with Gasteiger partial charge in [0.1, 0.15) is 4.90 Å². The fourth-order valence-corrected chi connectivity index (χ4v) is 3.42. The monoisotopic (exact) mass is 258 g/mol. The van der Waals surface area contributed by atoms with E-state index in [4.69, 9.17) is 0 Å². The van der Waals surface area contributed by atoms with Gasteiger partial charge in [-0.05, 0) is 26.3 Å². The minimum Gasteiger partial charge on any atom is -0.315 e. The number of aromatic nitrogens is 2. The molecule has 96 valence electrons. The van der Waals surface area contributed by atoms with Gasteiger partial charge < -0.3 is 5.32 Å². The third-order valence-electron chi connectivity index (χ3n) is 2.94. The molecule has 7 heteroatoms. The predicted molar refractivity (Wildman–Crippen MR) is 64.2 cm³/mol. The van der Waals surface area contributed by atoms with Gasteiger partial charge in [0.2, 0.25) is 10.0 Å². The molecule has 1 atom stereocenters. The van der Waals surface area contributed by atoms with Crippen LogP contribution in [0.3, 0.4) is 0 Å². The van der Waals surface area contributed by atoms with E-state index >= 15 is 0 Å². The minimum absolute atomic E-state index is 0.0307. The van der Waals surface area contributed by atoms with Gasteiger partial charge in [0.05, 0.1) is 11.9 Å². The number of aryl methyl sites for hydroxylation is 1.